The Labute approximate surface area is 202 Å². The van der Waals surface area contributed by atoms with Gasteiger partial charge in [0.15, 0.2) is 15.5 Å². The number of ether oxygens (including phenoxy) is 1. The van der Waals surface area contributed by atoms with E-state index >= 15 is 0 Å². The molecule has 0 spiro atoms. The molecule has 0 saturated carbocycles. The van der Waals surface area contributed by atoms with Crippen LogP contribution in [0.2, 0.25) is 0 Å². The minimum Gasteiger partial charge on any atom is -0.437 e. The molecule has 36 heavy (non-hydrogen) atoms. The van der Waals surface area contributed by atoms with Crippen molar-refractivity contribution < 1.29 is 35.6 Å². The van der Waals surface area contributed by atoms with E-state index in [2.05, 4.69) is 20.7 Å². The lowest BCUT2D eigenvalue weighted by molar-refractivity contribution is -0.141. The predicted molar refractivity (Wildman–Crippen MR) is 121 cm³/mol. The van der Waals surface area contributed by atoms with Gasteiger partial charge in [-0.25, -0.2) is 8.42 Å². The van der Waals surface area contributed by atoms with Crippen molar-refractivity contribution in [2.75, 3.05) is 11.6 Å². The number of sulfone groups is 1. The summed E-state index contributed by atoms with van der Waals surface area (Å²) >= 11 is 0. The lowest BCUT2D eigenvalue weighted by Crippen LogP contribution is -2.18. The Hall–Kier alpha value is -4.26. The predicted octanol–water partition coefficient (Wildman–Crippen LogP) is 4.91. The molecule has 4 aromatic rings. The van der Waals surface area contributed by atoms with E-state index in [1.807, 2.05) is 0 Å². The van der Waals surface area contributed by atoms with Crippen molar-refractivity contribution >= 4 is 21.4 Å². The van der Waals surface area contributed by atoms with E-state index in [0.29, 0.717) is 17.2 Å². The minimum atomic E-state index is -4.87. The Balaban J connectivity index is 1.69. The minimum absolute atomic E-state index is 0.0495. The number of hydrogen-bond donors (Lipinski definition) is 1. The molecule has 0 aliphatic heterocycles. The number of aryl methyl sites for hydroxylation is 1. The van der Waals surface area contributed by atoms with Crippen LogP contribution in [0.15, 0.2) is 70.4 Å². The molecule has 1 N–H and O–H groups in total. The van der Waals surface area contributed by atoms with Crippen LogP contribution in [0.1, 0.15) is 21.6 Å². The molecule has 186 valence electrons. The highest BCUT2D eigenvalue weighted by Crippen LogP contribution is 2.33. The Morgan fingerprint density at radius 2 is 1.83 bits per heavy atom. The third kappa shape index (κ3) is 5.51. The first-order chi connectivity index (χ1) is 16.9. The molecular formula is C23H17F3N4O5S. The number of anilines is 1. The highest BCUT2D eigenvalue weighted by Gasteiger charge is 2.35. The first-order valence-electron chi connectivity index (χ1n) is 10.2. The fourth-order valence-corrected chi connectivity index (χ4v) is 3.82. The maximum atomic E-state index is 13.3. The van der Waals surface area contributed by atoms with Crippen molar-refractivity contribution in [3.63, 3.8) is 0 Å². The maximum Gasteiger partial charge on any atom is 0.435 e. The summed E-state index contributed by atoms with van der Waals surface area (Å²) in [6.07, 6.45) is -0.929. The van der Waals surface area contributed by atoms with E-state index in [1.54, 1.807) is 25.1 Å². The van der Waals surface area contributed by atoms with Crippen LogP contribution in [0.4, 0.5) is 18.9 Å². The molecule has 0 atom stereocenters. The fourth-order valence-electron chi connectivity index (χ4n) is 3.16. The van der Waals surface area contributed by atoms with Crippen molar-refractivity contribution in [3.8, 4) is 22.8 Å². The summed E-state index contributed by atoms with van der Waals surface area (Å²) in [4.78, 5) is 12.9. The average molecular weight is 518 g/mol. The highest BCUT2D eigenvalue weighted by atomic mass is 32.2. The van der Waals surface area contributed by atoms with Gasteiger partial charge < -0.3 is 14.6 Å². The third-order valence-electron chi connectivity index (χ3n) is 4.96. The molecule has 0 fully saturated rings. The van der Waals surface area contributed by atoms with Crippen molar-refractivity contribution in [1.29, 1.82) is 0 Å². The number of amides is 1. The number of alkyl halides is 3. The Kier molecular flexibility index (Phi) is 6.50. The molecule has 0 radical (unpaired) electrons. The smallest absolute Gasteiger partial charge is 0.435 e. The van der Waals surface area contributed by atoms with Crippen molar-refractivity contribution in [1.82, 2.24) is 15.4 Å². The van der Waals surface area contributed by atoms with Crippen LogP contribution in [-0.4, -0.2) is 35.9 Å². The number of rotatable bonds is 6. The van der Waals surface area contributed by atoms with Gasteiger partial charge in [0, 0.05) is 17.5 Å². The quantitative estimate of drug-likeness (QED) is 0.382. The zero-order valence-corrected chi connectivity index (χ0v) is 19.5. The van der Waals surface area contributed by atoms with Crippen LogP contribution >= 0.6 is 0 Å². The second-order valence-corrected chi connectivity index (χ2v) is 9.71. The molecule has 9 nitrogen and oxygen atoms in total. The Morgan fingerprint density at radius 3 is 2.47 bits per heavy atom. The second kappa shape index (κ2) is 9.41. The first kappa shape index (κ1) is 24.9. The van der Waals surface area contributed by atoms with Gasteiger partial charge in [-0.2, -0.15) is 13.2 Å². The number of aromatic nitrogens is 3. The van der Waals surface area contributed by atoms with E-state index in [4.69, 9.17) is 9.26 Å². The average Bonchev–Trinajstić information content (AvgIpc) is 3.34. The number of nitrogens with one attached hydrogen (secondary N) is 1. The number of benzene rings is 2. The summed E-state index contributed by atoms with van der Waals surface area (Å²) in [5.41, 5.74) is 0.142. The molecule has 4 rings (SSSR count). The van der Waals surface area contributed by atoms with E-state index in [0.717, 1.165) is 11.8 Å². The molecule has 0 aliphatic carbocycles. The summed E-state index contributed by atoms with van der Waals surface area (Å²) in [6.45, 7) is 1.69. The first-order valence-corrected chi connectivity index (χ1v) is 12.1. The molecule has 0 saturated heterocycles. The van der Waals surface area contributed by atoms with Crippen LogP contribution in [0.3, 0.4) is 0 Å². The molecule has 2 aromatic carbocycles. The van der Waals surface area contributed by atoms with Gasteiger partial charge in [-0.05, 0) is 54.4 Å². The third-order valence-corrected chi connectivity index (χ3v) is 6.07. The summed E-state index contributed by atoms with van der Waals surface area (Å²) in [5.74, 6) is -1.26. The molecular weight excluding hydrogens is 501 g/mol. The Morgan fingerprint density at radius 1 is 1.06 bits per heavy atom. The summed E-state index contributed by atoms with van der Waals surface area (Å²) in [5, 5.41) is 12.7. The topological polar surface area (TPSA) is 124 Å². The molecule has 0 aliphatic rings. The number of halogens is 3. The van der Waals surface area contributed by atoms with Gasteiger partial charge in [0.25, 0.3) is 11.8 Å². The lowest BCUT2D eigenvalue weighted by Gasteiger charge is -2.14. The molecule has 2 heterocycles. The van der Waals surface area contributed by atoms with Crippen molar-refractivity contribution in [2.24, 2.45) is 0 Å². The van der Waals surface area contributed by atoms with Gasteiger partial charge in [0.2, 0.25) is 0 Å². The molecule has 0 bridgehead atoms. The lowest BCUT2D eigenvalue weighted by atomic mass is 10.1. The maximum absolute atomic E-state index is 13.3. The fraction of sp³-hybridized carbons (Fsp3) is 0.130. The molecule has 13 heteroatoms. The number of carbonyl (C=O) groups is 1. The number of carbonyl (C=O) groups excluding carboxylic acids is 1. The highest BCUT2D eigenvalue weighted by molar-refractivity contribution is 7.90. The van der Waals surface area contributed by atoms with Gasteiger partial charge in [-0.15, -0.1) is 10.2 Å². The van der Waals surface area contributed by atoms with E-state index in [9.17, 15) is 26.4 Å². The zero-order chi connectivity index (χ0) is 26.1. The van der Waals surface area contributed by atoms with Gasteiger partial charge in [0.05, 0.1) is 11.1 Å². The SMILES string of the molecule is Cc1cc(-c2cnoc2)ccc1Oc1nnc(C(F)(F)F)cc1C(=O)Nc1cccc(S(C)(=O)=O)c1. The van der Waals surface area contributed by atoms with Crippen molar-refractivity contribution in [2.45, 2.75) is 18.0 Å². The van der Waals surface area contributed by atoms with Gasteiger partial charge >= 0.3 is 6.18 Å². The zero-order valence-electron chi connectivity index (χ0n) is 18.7. The van der Waals surface area contributed by atoms with Crippen LogP contribution < -0.4 is 10.1 Å². The van der Waals surface area contributed by atoms with Gasteiger partial charge in [-0.1, -0.05) is 17.3 Å². The Bertz CT molecular complexity index is 1540. The van der Waals surface area contributed by atoms with Crippen LogP contribution in [0, 0.1) is 6.92 Å². The summed E-state index contributed by atoms with van der Waals surface area (Å²) < 4.78 is 74.0. The van der Waals surface area contributed by atoms with Crippen LogP contribution in [0.25, 0.3) is 11.1 Å². The van der Waals surface area contributed by atoms with E-state index < -0.39 is 39.1 Å². The summed E-state index contributed by atoms with van der Waals surface area (Å²) in [7, 11) is -3.58. The van der Waals surface area contributed by atoms with Crippen molar-refractivity contribution in [3.05, 3.63) is 77.8 Å². The second-order valence-electron chi connectivity index (χ2n) is 7.70. The van der Waals surface area contributed by atoms with Gasteiger partial charge in [-0.3, -0.25) is 4.79 Å². The molecule has 1 amide bonds. The van der Waals surface area contributed by atoms with E-state index in [1.165, 1.54) is 36.7 Å². The molecule has 2 aromatic heterocycles. The van der Waals surface area contributed by atoms with E-state index in [-0.39, 0.29) is 16.3 Å². The number of nitrogens with zero attached hydrogens (tertiary/aromatic N) is 3. The van der Waals surface area contributed by atoms with Gasteiger partial charge in [0.1, 0.15) is 17.6 Å². The standard InChI is InChI=1S/C23H17F3N4O5S/c1-13-8-14(15-11-27-34-12-15)6-7-19(13)35-22-18(10-20(29-30-22)23(24,25)26)21(31)28-16-4-3-5-17(9-16)36(2,32)33/h3-12H,1-2H3,(H,28,31). The number of hydrogen-bond acceptors (Lipinski definition) is 8. The van der Waals surface area contributed by atoms with Crippen LogP contribution in [-0.2, 0) is 16.0 Å². The summed E-state index contributed by atoms with van der Waals surface area (Å²) in [6, 6.07) is 10.7. The molecule has 0 unspecified atom stereocenters. The monoisotopic (exact) mass is 518 g/mol. The van der Waals surface area contributed by atoms with Crippen LogP contribution in [0.5, 0.6) is 11.6 Å². The largest absolute Gasteiger partial charge is 0.437 e. The normalized spacial score (nSPS) is 11.8.